The van der Waals surface area contributed by atoms with Gasteiger partial charge in [-0.1, -0.05) is 18.9 Å². The van der Waals surface area contributed by atoms with Crippen LogP contribution in [-0.4, -0.2) is 48.9 Å². The standard InChI is InChI=1S/C20H25N9O2/c1-11(2)14-9-16(27-26-14)23-17-12-5-3-6-13(12)22-19(24-17)29-8-4-7-15(29)18(30)25-20-28-21-10-31-20/h9-11,15H,3-8H2,1-2H3,(H,25,28,30)(H2,22,23,24,26,27). The van der Waals surface area contributed by atoms with Crippen molar-refractivity contribution < 1.29 is 9.21 Å². The average Bonchev–Trinajstić information content (AvgIpc) is 3.53. The van der Waals surface area contributed by atoms with Gasteiger partial charge in [0.1, 0.15) is 11.9 Å². The summed E-state index contributed by atoms with van der Waals surface area (Å²) in [5.74, 6) is 2.22. The molecule has 1 saturated heterocycles. The van der Waals surface area contributed by atoms with Gasteiger partial charge in [-0.2, -0.15) is 10.1 Å². The second kappa shape index (κ2) is 7.97. The first-order valence-electron chi connectivity index (χ1n) is 10.6. The number of carbonyl (C=O) groups is 1. The van der Waals surface area contributed by atoms with Crippen LogP contribution in [-0.2, 0) is 17.6 Å². The van der Waals surface area contributed by atoms with Gasteiger partial charge in [-0.05, 0) is 38.0 Å². The topological polar surface area (TPSA) is 138 Å². The molecule has 0 bridgehead atoms. The lowest BCUT2D eigenvalue weighted by Gasteiger charge is -2.24. The van der Waals surface area contributed by atoms with Gasteiger partial charge in [0.15, 0.2) is 5.82 Å². The van der Waals surface area contributed by atoms with Crippen molar-refractivity contribution in [3.05, 3.63) is 29.4 Å². The van der Waals surface area contributed by atoms with Crippen molar-refractivity contribution in [2.75, 3.05) is 22.1 Å². The molecular weight excluding hydrogens is 398 g/mol. The number of nitrogens with zero attached hydrogens (tertiary/aromatic N) is 6. The Morgan fingerprint density at radius 3 is 2.97 bits per heavy atom. The third-order valence-electron chi connectivity index (χ3n) is 5.79. The largest absolute Gasteiger partial charge is 0.411 e. The molecule has 3 aromatic heterocycles. The quantitative estimate of drug-likeness (QED) is 0.546. The number of hydrogen-bond acceptors (Lipinski definition) is 9. The van der Waals surface area contributed by atoms with Crippen molar-refractivity contribution in [1.29, 1.82) is 0 Å². The number of fused-ring (bicyclic) bond motifs is 1. The zero-order valence-electron chi connectivity index (χ0n) is 17.6. The predicted molar refractivity (Wildman–Crippen MR) is 113 cm³/mol. The van der Waals surface area contributed by atoms with Gasteiger partial charge in [-0.25, -0.2) is 4.98 Å². The Kier molecular flexibility index (Phi) is 5.00. The molecule has 11 heteroatoms. The Morgan fingerprint density at radius 2 is 2.19 bits per heavy atom. The Hall–Kier alpha value is -3.50. The lowest BCUT2D eigenvalue weighted by Crippen LogP contribution is -2.40. The first kappa shape index (κ1) is 19.5. The zero-order valence-corrected chi connectivity index (χ0v) is 17.6. The summed E-state index contributed by atoms with van der Waals surface area (Å²) < 4.78 is 5.05. The summed E-state index contributed by atoms with van der Waals surface area (Å²) in [4.78, 5) is 24.4. The molecular formula is C20H25N9O2. The highest BCUT2D eigenvalue weighted by molar-refractivity contribution is 5.95. The third-order valence-corrected chi connectivity index (χ3v) is 5.79. The fourth-order valence-corrected chi connectivity index (χ4v) is 4.16. The Morgan fingerprint density at radius 1 is 1.29 bits per heavy atom. The number of H-pyrrole nitrogens is 1. The SMILES string of the molecule is CC(C)c1cc(Nc2nc(N3CCCC3C(=O)Nc3nnco3)nc3c2CCC3)n[nH]1. The molecule has 0 spiro atoms. The molecule has 1 unspecified atom stereocenters. The molecule has 1 atom stereocenters. The Labute approximate surface area is 179 Å². The van der Waals surface area contributed by atoms with Gasteiger partial charge in [-0.3, -0.25) is 15.2 Å². The molecule has 0 saturated carbocycles. The van der Waals surface area contributed by atoms with Crippen LogP contribution < -0.4 is 15.5 Å². The van der Waals surface area contributed by atoms with Crippen LogP contribution in [0.15, 0.2) is 16.9 Å². The monoisotopic (exact) mass is 423 g/mol. The molecule has 2 aliphatic rings. The van der Waals surface area contributed by atoms with E-state index in [0.29, 0.717) is 24.8 Å². The van der Waals surface area contributed by atoms with Crippen molar-refractivity contribution in [3.8, 4) is 0 Å². The van der Waals surface area contributed by atoms with Crippen LogP contribution >= 0.6 is 0 Å². The van der Waals surface area contributed by atoms with E-state index in [1.165, 1.54) is 6.39 Å². The summed E-state index contributed by atoms with van der Waals surface area (Å²) >= 11 is 0. The lowest BCUT2D eigenvalue weighted by molar-refractivity contribution is -0.117. The fourth-order valence-electron chi connectivity index (χ4n) is 4.16. The Balaban J connectivity index is 1.42. The fraction of sp³-hybridized carbons (Fsp3) is 0.500. The number of aromatic nitrogens is 6. The number of amides is 1. The summed E-state index contributed by atoms with van der Waals surface area (Å²) in [6.45, 7) is 4.94. The number of aromatic amines is 1. The van der Waals surface area contributed by atoms with E-state index in [9.17, 15) is 4.79 Å². The highest BCUT2D eigenvalue weighted by Crippen LogP contribution is 2.33. The molecule has 1 amide bonds. The van der Waals surface area contributed by atoms with Crippen LogP contribution in [0.25, 0.3) is 0 Å². The second-order valence-electron chi connectivity index (χ2n) is 8.22. The van der Waals surface area contributed by atoms with Crippen LogP contribution in [0.2, 0.25) is 0 Å². The maximum atomic E-state index is 12.8. The van der Waals surface area contributed by atoms with Crippen molar-refractivity contribution in [3.63, 3.8) is 0 Å². The molecule has 4 heterocycles. The van der Waals surface area contributed by atoms with Crippen LogP contribution in [0.5, 0.6) is 0 Å². The van der Waals surface area contributed by atoms with E-state index in [0.717, 1.165) is 54.3 Å². The van der Waals surface area contributed by atoms with Gasteiger partial charge >= 0.3 is 6.01 Å². The van der Waals surface area contributed by atoms with Crippen LogP contribution in [0, 0.1) is 0 Å². The molecule has 1 aliphatic carbocycles. The van der Waals surface area contributed by atoms with Crippen molar-refractivity contribution in [2.45, 2.75) is 57.9 Å². The molecule has 162 valence electrons. The van der Waals surface area contributed by atoms with E-state index < -0.39 is 6.04 Å². The first-order chi connectivity index (χ1) is 15.1. The van der Waals surface area contributed by atoms with Gasteiger partial charge in [0, 0.05) is 23.9 Å². The molecule has 11 nitrogen and oxygen atoms in total. The minimum Gasteiger partial charge on any atom is -0.411 e. The van der Waals surface area contributed by atoms with Gasteiger partial charge in [0.25, 0.3) is 5.91 Å². The normalized spacial score (nSPS) is 17.9. The smallest absolute Gasteiger partial charge is 0.322 e. The van der Waals surface area contributed by atoms with Gasteiger partial charge < -0.3 is 14.6 Å². The summed E-state index contributed by atoms with van der Waals surface area (Å²) in [5.41, 5.74) is 3.23. The third kappa shape index (κ3) is 3.82. The number of nitrogens with one attached hydrogen (secondary N) is 3. The summed E-state index contributed by atoms with van der Waals surface area (Å²) in [7, 11) is 0. The van der Waals surface area contributed by atoms with E-state index >= 15 is 0 Å². The van der Waals surface area contributed by atoms with Gasteiger partial charge in [-0.15, -0.1) is 5.10 Å². The molecule has 3 N–H and O–H groups in total. The number of aryl methyl sites for hydroxylation is 1. The zero-order chi connectivity index (χ0) is 21.4. The molecule has 3 aromatic rings. The molecule has 1 fully saturated rings. The molecule has 0 radical (unpaired) electrons. The minimum absolute atomic E-state index is 0.0913. The average molecular weight is 423 g/mol. The maximum Gasteiger partial charge on any atom is 0.322 e. The second-order valence-corrected chi connectivity index (χ2v) is 8.22. The molecule has 5 rings (SSSR count). The number of carbonyl (C=O) groups excluding carboxylic acids is 1. The maximum absolute atomic E-state index is 12.8. The lowest BCUT2D eigenvalue weighted by atomic mass is 10.1. The van der Waals surface area contributed by atoms with Crippen LogP contribution in [0.4, 0.5) is 23.6 Å². The highest BCUT2D eigenvalue weighted by atomic mass is 16.4. The first-order valence-corrected chi connectivity index (χ1v) is 10.6. The number of rotatable bonds is 6. The molecule has 31 heavy (non-hydrogen) atoms. The Bertz CT molecular complexity index is 1080. The number of hydrogen-bond donors (Lipinski definition) is 3. The predicted octanol–water partition coefficient (Wildman–Crippen LogP) is 2.55. The highest BCUT2D eigenvalue weighted by Gasteiger charge is 2.34. The van der Waals surface area contributed by atoms with Crippen LogP contribution in [0.3, 0.4) is 0 Å². The van der Waals surface area contributed by atoms with E-state index in [-0.39, 0.29) is 11.9 Å². The number of anilines is 4. The van der Waals surface area contributed by atoms with Gasteiger partial charge in [0.05, 0.1) is 5.69 Å². The van der Waals surface area contributed by atoms with E-state index in [2.05, 4.69) is 44.9 Å². The molecule has 1 aliphatic heterocycles. The summed E-state index contributed by atoms with van der Waals surface area (Å²) in [6.07, 6.45) is 5.65. The summed E-state index contributed by atoms with van der Waals surface area (Å²) in [5, 5.41) is 20.8. The summed E-state index contributed by atoms with van der Waals surface area (Å²) in [6, 6.07) is 1.70. The van der Waals surface area contributed by atoms with Crippen molar-refractivity contribution >= 4 is 29.5 Å². The van der Waals surface area contributed by atoms with E-state index in [4.69, 9.17) is 14.4 Å². The molecule has 0 aromatic carbocycles. The van der Waals surface area contributed by atoms with Crippen molar-refractivity contribution in [1.82, 2.24) is 30.4 Å². The van der Waals surface area contributed by atoms with E-state index in [1.807, 2.05) is 11.0 Å². The van der Waals surface area contributed by atoms with Gasteiger partial charge in [0.2, 0.25) is 12.3 Å². The van der Waals surface area contributed by atoms with Crippen molar-refractivity contribution in [2.24, 2.45) is 0 Å². The van der Waals surface area contributed by atoms with E-state index in [1.54, 1.807) is 0 Å². The minimum atomic E-state index is -0.392. The van der Waals surface area contributed by atoms with Crippen LogP contribution in [0.1, 0.15) is 56.0 Å².